The van der Waals surface area contributed by atoms with E-state index in [2.05, 4.69) is 4.98 Å². The summed E-state index contributed by atoms with van der Waals surface area (Å²) in [5, 5.41) is 10.4. The molecule has 1 saturated heterocycles. The van der Waals surface area contributed by atoms with E-state index in [9.17, 15) is 14.7 Å². The minimum Gasteiger partial charge on any atom is -0.508 e. The number of H-pyrrole nitrogens is 1. The summed E-state index contributed by atoms with van der Waals surface area (Å²) in [6, 6.07) is 16.1. The highest BCUT2D eigenvalue weighted by Crippen LogP contribution is 2.25. The van der Waals surface area contributed by atoms with Crippen molar-refractivity contribution in [2.75, 3.05) is 13.1 Å². The zero-order chi connectivity index (χ0) is 18.1. The maximum atomic E-state index is 12.7. The highest BCUT2D eigenvalue weighted by atomic mass is 16.3. The normalized spacial score (nSPS) is 15.3. The molecule has 2 aromatic carbocycles. The van der Waals surface area contributed by atoms with E-state index < -0.39 is 0 Å². The fourth-order valence-electron chi connectivity index (χ4n) is 3.58. The zero-order valence-electron chi connectivity index (χ0n) is 14.3. The number of rotatable bonds is 3. The van der Waals surface area contributed by atoms with E-state index in [-0.39, 0.29) is 23.4 Å². The largest absolute Gasteiger partial charge is 0.508 e. The number of phenolic OH excluding ortho intramolecular Hbond substituents is 1. The van der Waals surface area contributed by atoms with Gasteiger partial charge in [0.2, 0.25) is 0 Å². The van der Waals surface area contributed by atoms with Crippen molar-refractivity contribution >= 4 is 22.6 Å². The van der Waals surface area contributed by atoms with Crippen molar-refractivity contribution < 1.29 is 14.7 Å². The molecule has 0 unspecified atom stereocenters. The molecule has 0 spiro atoms. The first-order valence-electron chi connectivity index (χ1n) is 8.82. The predicted octanol–water partition coefficient (Wildman–Crippen LogP) is 3.61. The second-order valence-electron chi connectivity index (χ2n) is 6.75. The quantitative estimate of drug-likeness (QED) is 0.710. The summed E-state index contributed by atoms with van der Waals surface area (Å²) in [7, 11) is 0. The second-order valence-corrected chi connectivity index (χ2v) is 6.75. The molecule has 0 atom stereocenters. The molecule has 1 amide bonds. The molecular formula is C21H20N2O3. The van der Waals surface area contributed by atoms with Gasteiger partial charge in [0.15, 0.2) is 5.78 Å². The van der Waals surface area contributed by atoms with E-state index in [1.54, 1.807) is 29.2 Å². The number of ketones is 1. The molecule has 26 heavy (non-hydrogen) atoms. The fraction of sp³-hybridized carbons (Fsp3) is 0.238. The van der Waals surface area contributed by atoms with Gasteiger partial charge in [-0.05, 0) is 31.0 Å². The minimum absolute atomic E-state index is 0.0267. The summed E-state index contributed by atoms with van der Waals surface area (Å²) in [6.07, 6.45) is 1.36. The van der Waals surface area contributed by atoms with E-state index in [1.165, 1.54) is 0 Å². The van der Waals surface area contributed by atoms with Gasteiger partial charge in [0.05, 0.1) is 0 Å². The van der Waals surface area contributed by atoms with Gasteiger partial charge in [-0.15, -0.1) is 0 Å². The standard InChI is InChI=1S/C21H20N2O3/c24-17-7-6-16-12-19(22-18(16)13-17)21(26)23-10-8-15(9-11-23)20(25)14-4-2-1-3-5-14/h1-7,12-13,15,22,24H,8-11H2. The topological polar surface area (TPSA) is 73.4 Å². The summed E-state index contributed by atoms with van der Waals surface area (Å²) in [5.41, 5.74) is 1.99. The number of phenols is 1. The van der Waals surface area contributed by atoms with Gasteiger partial charge in [-0.25, -0.2) is 0 Å². The van der Waals surface area contributed by atoms with Crippen LogP contribution >= 0.6 is 0 Å². The molecule has 132 valence electrons. The molecule has 1 fully saturated rings. The molecule has 0 saturated carbocycles. The van der Waals surface area contributed by atoms with Crippen LogP contribution in [0.2, 0.25) is 0 Å². The van der Waals surface area contributed by atoms with E-state index >= 15 is 0 Å². The number of likely N-dealkylation sites (tertiary alicyclic amines) is 1. The number of piperidine rings is 1. The number of aromatic amines is 1. The third-order valence-corrected chi connectivity index (χ3v) is 5.05. The zero-order valence-corrected chi connectivity index (χ0v) is 14.3. The van der Waals surface area contributed by atoms with Crippen molar-refractivity contribution in [2.45, 2.75) is 12.8 Å². The van der Waals surface area contributed by atoms with Crippen LogP contribution in [0.25, 0.3) is 10.9 Å². The molecule has 2 heterocycles. The first kappa shape index (κ1) is 16.4. The molecule has 1 aromatic heterocycles. The highest BCUT2D eigenvalue weighted by molar-refractivity contribution is 5.99. The Hall–Kier alpha value is -3.08. The lowest BCUT2D eigenvalue weighted by Crippen LogP contribution is -2.40. The Morgan fingerprint density at radius 2 is 1.73 bits per heavy atom. The summed E-state index contributed by atoms with van der Waals surface area (Å²) in [4.78, 5) is 30.2. The average molecular weight is 348 g/mol. The molecule has 1 aliphatic heterocycles. The Kier molecular flexibility index (Phi) is 4.21. The van der Waals surface area contributed by atoms with E-state index in [1.807, 2.05) is 30.3 Å². The Morgan fingerprint density at radius 3 is 2.46 bits per heavy atom. The number of carbonyl (C=O) groups is 2. The van der Waals surface area contributed by atoms with Gasteiger partial charge in [-0.3, -0.25) is 9.59 Å². The van der Waals surface area contributed by atoms with Crippen molar-refractivity contribution in [1.82, 2.24) is 9.88 Å². The number of Topliss-reactive ketones (excluding diaryl/α,β-unsaturated/α-hetero) is 1. The molecule has 4 rings (SSSR count). The van der Waals surface area contributed by atoms with Crippen LogP contribution in [0.3, 0.4) is 0 Å². The molecule has 5 nitrogen and oxygen atoms in total. The lowest BCUT2D eigenvalue weighted by atomic mass is 9.89. The molecule has 3 aromatic rings. The molecule has 2 N–H and O–H groups in total. The Labute approximate surface area is 151 Å². The number of hydrogen-bond donors (Lipinski definition) is 2. The fourth-order valence-corrected chi connectivity index (χ4v) is 3.58. The van der Waals surface area contributed by atoms with Crippen molar-refractivity contribution in [2.24, 2.45) is 5.92 Å². The van der Waals surface area contributed by atoms with Crippen molar-refractivity contribution in [3.8, 4) is 5.75 Å². The molecular weight excluding hydrogens is 328 g/mol. The summed E-state index contributed by atoms with van der Waals surface area (Å²) < 4.78 is 0. The predicted molar refractivity (Wildman–Crippen MR) is 99.4 cm³/mol. The van der Waals surface area contributed by atoms with Crippen LogP contribution in [0.4, 0.5) is 0 Å². The summed E-state index contributed by atoms with van der Waals surface area (Å²) in [5.74, 6) is 0.241. The molecule has 0 aliphatic carbocycles. The van der Waals surface area contributed by atoms with Crippen LogP contribution in [0.1, 0.15) is 33.7 Å². The minimum atomic E-state index is -0.0636. The molecule has 1 aliphatic rings. The number of aromatic nitrogens is 1. The smallest absolute Gasteiger partial charge is 0.270 e. The third kappa shape index (κ3) is 3.08. The Balaban J connectivity index is 1.43. The third-order valence-electron chi connectivity index (χ3n) is 5.05. The van der Waals surface area contributed by atoms with Gasteiger partial charge in [0.25, 0.3) is 5.91 Å². The highest BCUT2D eigenvalue weighted by Gasteiger charge is 2.28. The van der Waals surface area contributed by atoms with Crippen molar-refractivity contribution in [3.05, 3.63) is 65.9 Å². The lowest BCUT2D eigenvalue weighted by molar-refractivity contribution is 0.0646. The first-order chi connectivity index (χ1) is 12.6. The monoisotopic (exact) mass is 348 g/mol. The van der Waals surface area contributed by atoms with Gasteiger partial charge >= 0.3 is 0 Å². The summed E-state index contributed by atoms with van der Waals surface area (Å²) in [6.45, 7) is 1.14. The average Bonchev–Trinajstić information content (AvgIpc) is 3.11. The number of nitrogens with one attached hydrogen (secondary N) is 1. The van der Waals surface area contributed by atoms with Gasteiger partial charge in [0.1, 0.15) is 11.4 Å². The van der Waals surface area contributed by atoms with Crippen LogP contribution < -0.4 is 0 Å². The Bertz CT molecular complexity index is 954. The van der Waals surface area contributed by atoms with E-state index in [0.29, 0.717) is 31.6 Å². The van der Waals surface area contributed by atoms with Crippen LogP contribution in [-0.4, -0.2) is 39.8 Å². The number of aromatic hydroxyl groups is 1. The van der Waals surface area contributed by atoms with Gasteiger partial charge < -0.3 is 15.0 Å². The van der Waals surface area contributed by atoms with Crippen LogP contribution in [0, 0.1) is 5.92 Å². The first-order valence-corrected chi connectivity index (χ1v) is 8.82. The maximum absolute atomic E-state index is 12.7. The van der Waals surface area contributed by atoms with Crippen molar-refractivity contribution in [1.29, 1.82) is 0 Å². The van der Waals surface area contributed by atoms with Crippen LogP contribution in [0.5, 0.6) is 5.75 Å². The van der Waals surface area contributed by atoms with Gasteiger partial charge in [-0.1, -0.05) is 30.3 Å². The number of hydrogen-bond acceptors (Lipinski definition) is 3. The van der Waals surface area contributed by atoms with Gasteiger partial charge in [-0.2, -0.15) is 0 Å². The maximum Gasteiger partial charge on any atom is 0.270 e. The second kappa shape index (κ2) is 6.67. The van der Waals surface area contributed by atoms with E-state index in [0.717, 1.165) is 16.5 Å². The molecule has 0 radical (unpaired) electrons. The summed E-state index contributed by atoms with van der Waals surface area (Å²) >= 11 is 0. The number of nitrogens with zero attached hydrogens (tertiary/aromatic N) is 1. The van der Waals surface area contributed by atoms with Gasteiger partial charge in [0, 0.05) is 41.5 Å². The lowest BCUT2D eigenvalue weighted by Gasteiger charge is -2.31. The number of benzene rings is 2. The van der Waals surface area contributed by atoms with Crippen LogP contribution in [0.15, 0.2) is 54.6 Å². The number of carbonyl (C=O) groups excluding carboxylic acids is 2. The molecule has 0 bridgehead atoms. The Morgan fingerprint density at radius 1 is 1.00 bits per heavy atom. The SMILES string of the molecule is O=C(c1ccccc1)C1CCN(C(=O)c2cc3ccc(O)cc3[nH]2)CC1. The van der Waals surface area contributed by atoms with E-state index in [4.69, 9.17) is 0 Å². The van der Waals surface area contributed by atoms with Crippen molar-refractivity contribution in [3.63, 3.8) is 0 Å². The number of fused-ring (bicyclic) bond motifs is 1. The number of amides is 1. The van der Waals surface area contributed by atoms with Crippen LogP contribution in [-0.2, 0) is 0 Å². The molecule has 5 heteroatoms.